The van der Waals surface area contributed by atoms with Crippen LogP contribution in [0.1, 0.15) is 0 Å². The van der Waals surface area contributed by atoms with Crippen molar-refractivity contribution in [2.24, 2.45) is 5.84 Å². The zero-order valence-corrected chi connectivity index (χ0v) is 7.38. The maximum atomic E-state index is 5.18. The average molecular weight is 187 g/mol. The van der Waals surface area contributed by atoms with E-state index in [1.165, 1.54) is 0 Å². The number of hydrazine groups is 1. The normalized spacial score (nSPS) is 9.79. The zero-order chi connectivity index (χ0) is 9.80. The van der Waals surface area contributed by atoms with Crippen LogP contribution in [0.3, 0.4) is 0 Å². The van der Waals surface area contributed by atoms with Gasteiger partial charge in [-0.3, -0.25) is 5.43 Å². The van der Waals surface area contributed by atoms with Crippen LogP contribution in [-0.4, -0.2) is 15.2 Å². The van der Waals surface area contributed by atoms with Crippen molar-refractivity contribution in [1.82, 2.24) is 15.2 Å². The van der Waals surface area contributed by atoms with E-state index >= 15 is 0 Å². The zero-order valence-electron chi connectivity index (χ0n) is 7.38. The van der Waals surface area contributed by atoms with Gasteiger partial charge in [0.25, 0.3) is 5.95 Å². The summed E-state index contributed by atoms with van der Waals surface area (Å²) in [5.74, 6) is 5.49. The van der Waals surface area contributed by atoms with Crippen molar-refractivity contribution in [3.8, 4) is 11.3 Å². The Morgan fingerprint density at radius 2 is 1.93 bits per heavy atom. The van der Waals surface area contributed by atoms with Crippen LogP contribution in [0.25, 0.3) is 11.3 Å². The van der Waals surface area contributed by atoms with Crippen LogP contribution in [-0.2, 0) is 0 Å². The second-order valence-corrected chi connectivity index (χ2v) is 2.68. The molecular formula is C9H9N5. The molecular weight excluding hydrogens is 178 g/mol. The third kappa shape index (κ3) is 1.67. The lowest BCUT2D eigenvalue weighted by molar-refractivity contribution is 0.966. The molecule has 0 spiro atoms. The fraction of sp³-hybridized carbons (Fsp3) is 0. The van der Waals surface area contributed by atoms with Crippen molar-refractivity contribution in [3.05, 3.63) is 36.5 Å². The van der Waals surface area contributed by atoms with Gasteiger partial charge in [-0.25, -0.2) is 10.8 Å². The van der Waals surface area contributed by atoms with Gasteiger partial charge in [0, 0.05) is 5.56 Å². The Balaban J connectivity index is 2.42. The summed E-state index contributed by atoms with van der Waals surface area (Å²) in [6.07, 6.45) is 1.59. The SMILES string of the molecule is NNc1nncc(-c2ccccc2)n1. The van der Waals surface area contributed by atoms with Gasteiger partial charge in [-0.15, -0.1) is 5.10 Å². The van der Waals surface area contributed by atoms with Gasteiger partial charge in [-0.1, -0.05) is 30.3 Å². The van der Waals surface area contributed by atoms with Crippen molar-refractivity contribution < 1.29 is 0 Å². The van der Waals surface area contributed by atoms with Gasteiger partial charge in [0.05, 0.1) is 11.9 Å². The lowest BCUT2D eigenvalue weighted by Gasteiger charge is -2.00. The van der Waals surface area contributed by atoms with Crippen molar-refractivity contribution in [2.75, 3.05) is 5.43 Å². The Bertz CT molecular complexity index is 415. The molecule has 1 heterocycles. The molecule has 2 aromatic rings. The predicted octanol–water partition coefficient (Wildman–Crippen LogP) is 0.824. The molecule has 0 saturated carbocycles. The molecule has 5 heteroatoms. The molecule has 0 fully saturated rings. The number of nitrogens with one attached hydrogen (secondary N) is 1. The quantitative estimate of drug-likeness (QED) is 0.537. The van der Waals surface area contributed by atoms with Gasteiger partial charge in [0.2, 0.25) is 0 Å². The van der Waals surface area contributed by atoms with Gasteiger partial charge >= 0.3 is 0 Å². The van der Waals surface area contributed by atoms with Crippen LogP contribution in [0.4, 0.5) is 5.95 Å². The molecule has 2 rings (SSSR count). The van der Waals surface area contributed by atoms with Gasteiger partial charge in [0.1, 0.15) is 0 Å². The van der Waals surface area contributed by atoms with Crippen LogP contribution >= 0.6 is 0 Å². The molecule has 0 amide bonds. The maximum Gasteiger partial charge on any atom is 0.257 e. The molecule has 0 atom stereocenters. The first-order chi connectivity index (χ1) is 6.90. The van der Waals surface area contributed by atoms with Crippen molar-refractivity contribution in [3.63, 3.8) is 0 Å². The fourth-order valence-electron chi connectivity index (χ4n) is 1.11. The summed E-state index contributed by atoms with van der Waals surface area (Å²) in [4.78, 5) is 4.15. The van der Waals surface area contributed by atoms with E-state index in [4.69, 9.17) is 5.84 Å². The highest BCUT2D eigenvalue weighted by Gasteiger charge is 2.00. The number of hydrogen-bond donors (Lipinski definition) is 2. The minimum Gasteiger partial charge on any atom is -0.291 e. The highest BCUT2D eigenvalue weighted by molar-refractivity contribution is 5.58. The highest BCUT2D eigenvalue weighted by atomic mass is 15.3. The first-order valence-corrected chi connectivity index (χ1v) is 4.12. The molecule has 3 N–H and O–H groups in total. The predicted molar refractivity (Wildman–Crippen MR) is 53.1 cm³/mol. The Labute approximate surface area is 81.0 Å². The fourth-order valence-corrected chi connectivity index (χ4v) is 1.11. The number of nitrogens with two attached hydrogens (primary N) is 1. The molecule has 0 aliphatic rings. The van der Waals surface area contributed by atoms with Crippen molar-refractivity contribution in [1.29, 1.82) is 0 Å². The Hall–Kier alpha value is -2.01. The van der Waals surface area contributed by atoms with Crippen LogP contribution in [0.15, 0.2) is 36.5 Å². The number of nitrogen functional groups attached to an aromatic ring is 1. The number of rotatable bonds is 2. The number of benzene rings is 1. The molecule has 0 saturated heterocycles. The second-order valence-electron chi connectivity index (χ2n) is 2.68. The van der Waals surface area contributed by atoms with Crippen molar-refractivity contribution >= 4 is 5.95 Å². The first kappa shape index (κ1) is 8.58. The largest absolute Gasteiger partial charge is 0.291 e. The molecule has 70 valence electrons. The summed E-state index contributed by atoms with van der Waals surface area (Å²) in [7, 11) is 0. The van der Waals surface area contributed by atoms with Crippen molar-refractivity contribution in [2.45, 2.75) is 0 Å². The topological polar surface area (TPSA) is 76.7 Å². The number of aromatic nitrogens is 3. The molecule has 0 bridgehead atoms. The Morgan fingerprint density at radius 3 is 2.64 bits per heavy atom. The Morgan fingerprint density at radius 1 is 1.14 bits per heavy atom. The maximum absolute atomic E-state index is 5.18. The standard InChI is InChI=1S/C9H9N5/c10-13-9-12-8(6-11-14-9)7-4-2-1-3-5-7/h1-6H,10H2,(H,12,13,14). The molecule has 0 aliphatic carbocycles. The van der Waals surface area contributed by atoms with E-state index in [1.807, 2.05) is 30.3 Å². The van der Waals surface area contributed by atoms with Gasteiger partial charge < -0.3 is 0 Å². The van der Waals surface area contributed by atoms with Gasteiger partial charge in [-0.2, -0.15) is 5.10 Å². The lowest BCUT2D eigenvalue weighted by Crippen LogP contribution is -2.11. The minimum absolute atomic E-state index is 0.311. The molecule has 0 aliphatic heterocycles. The third-order valence-electron chi connectivity index (χ3n) is 1.76. The van der Waals surface area contributed by atoms with E-state index in [9.17, 15) is 0 Å². The van der Waals surface area contributed by atoms with E-state index in [0.717, 1.165) is 11.3 Å². The van der Waals surface area contributed by atoms with Gasteiger partial charge in [0.15, 0.2) is 0 Å². The van der Waals surface area contributed by atoms with Crippen LogP contribution < -0.4 is 11.3 Å². The average Bonchev–Trinajstić information content (AvgIpc) is 2.30. The van der Waals surface area contributed by atoms with Crippen LogP contribution in [0.2, 0.25) is 0 Å². The summed E-state index contributed by atoms with van der Waals surface area (Å²) < 4.78 is 0. The second kappa shape index (κ2) is 3.80. The summed E-state index contributed by atoms with van der Waals surface area (Å²) in [6.45, 7) is 0. The summed E-state index contributed by atoms with van der Waals surface area (Å²) in [5, 5.41) is 7.46. The first-order valence-electron chi connectivity index (χ1n) is 4.12. The van der Waals surface area contributed by atoms with Crippen LogP contribution in [0, 0.1) is 0 Å². The Kier molecular flexibility index (Phi) is 2.33. The molecule has 0 unspecified atom stereocenters. The molecule has 1 aromatic carbocycles. The monoisotopic (exact) mass is 187 g/mol. The summed E-state index contributed by atoms with van der Waals surface area (Å²) >= 11 is 0. The highest BCUT2D eigenvalue weighted by Crippen LogP contribution is 2.14. The van der Waals surface area contributed by atoms with E-state index in [1.54, 1.807) is 6.20 Å². The summed E-state index contributed by atoms with van der Waals surface area (Å²) in [5.41, 5.74) is 4.08. The molecule has 5 nitrogen and oxygen atoms in total. The van der Waals surface area contributed by atoms with E-state index in [0.29, 0.717) is 5.95 Å². The number of hydrogen-bond acceptors (Lipinski definition) is 5. The van der Waals surface area contributed by atoms with E-state index < -0.39 is 0 Å². The minimum atomic E-state index is 0.311. The molecule has 14 heavy (non-hydrogen) atoms. The number of nitrogens with zero attached hydrogens (tertiary/aromatic N) is 3. The van der Waals surface area contributed by atoms with E-state index in [-0.39, 0.29) is 0 Å². The number of anilines is 1. The summed E-state index contributed by atoms with van der Waals surface area (Å²) in [6, 6.07) is 9.72. The van der Waals surface area contributed by atoms with E-state index in [2.05, 4.69) is 20.6 Å². The molecule has 1 aromatic heterocycles. The molecule has 0 radical (unpaired) electrons. The smallest absolute Gasteiger partial charge is 0.257 e. The third-order valence-corrected chi connectivity index (χ3v) is 1.76. The van der Waals surface area contributed by atoms with Gasteiger partial charge in [-0.05, 0) is 0 Å². The lowest BCUT2D eigenvalue weighted by atomic mass is 10.2. The van der Waals surface area contributed by atoms with Crippen LogP contribution in [0.5, 0.6) is 0 Å².